The van der Waals surface area contributed by atoms with Crippen molar-refractivity contribution in [3.63, 3.8) is 0 Å². The lowest BCUT2D eigenvalue weighted by Gasteiger charge is -2.57. The van der Waals surface area contributed by atoms with E-state index in [0.29, 0.717) is 35.0 Å². The molecule has 0 aliphatic carbocycles. The minimum absolute atomic E-state index is 0.102. The quantitative estimate of drug-likeness (QED) is 0.745. The third-order valence-electron chi connectivity index (χ3n) is 7.05. The van der Waals surface area contributed by atoms with Crippen molar-refractivity contribution in [2.45, 2.75) is 57.5 Å². The second kappa shape index (κ2) is 8.24. The molecule has 4 atom stereocenters. The van der Waals surface area contributed by atoms with E-state index in [0.717, 1.165) is 13.1 Å². The highest BCUT2D eigenvalue weighted by molar-refractivity contribution is 5.96. The van der Waals surface area contributed by atoms with Gasteiger partial charge in [0.25, 0.3) is 5.91 Å². The summed E-state index contributed by atoms with van der Waals surface area (Å²) in [6, 6.07) is 8.17. The summed E-state index contributed by atoms with van der Waals surface area (Å²) >= 11 is 0. The minimum atomic E-state index is -0.369. The van der Waals surface area contributed by atoms with Crippen LogP contribution in [0.5, 0.6) is 0 Å². The van der Waals surface area contributed by atoms with Crippen molar-refractivity contribution in [2.24, 2.45) is 11.8 Å². The van der Waals surface area contributed by atoms with Crippen LogP contribution in [0.2, 0.25) is 0 Å². The van der Waals surface area contributed by atoms with Crippen molar-refractivity contribution < 1.29 is 14.3 Å². The van der Waals surface area contributed by atoms with E-state index < -0.39 is 0 Å². The van der Waals surface area contributed by atoms with Crippen LogP contribution in [-0.2, 0) is 4.74 Å². The van der Waals surface area contributed by atoms with Gasteiger partial charge in [0.2, 0.25) is 0 Å². The van der Waals surface area contributed by atoms with Gasteiger partial charge in [-0.2, -0.15) is 0 Å². The molecule has 4 rings (SSSR count). The molecule has 0 aromatic heterocycles. The fraction of sp³-hybridized carbons (Fsp3) is 0.652. The van der Waals surface area contributed by atoms with Crippen LogP contribution in [0.1, 0.15) is 66.2 Å². The number of likely N-dealkylation sites (tertiary alicyclic amines) is 1. The molecule has 1 aromatic rings. The predicted molar refractivity (Wildman–Crippen MR) is 108 cm³/mol. The van der Waals surface area contributed by atoms with Gasteiger partial charge in [0.1, 0.15) is 0 Å². The van der Waals surface area contributed by atoms with E-state index >= 15 is 0 Å². The Morgan fingerprint density at radius 2 is 1.79 bits per heavy atom. The molecule has 2 bridgehead atoms. The number of methoxy groups -OCH3 is 1. The van der Waals surface area contributed by atoms with E-state index in [1.807, 2.05) is 0 Å². The molecule has 1 aromatic carbocycles. The molecule has 0 unspecified atom stereocenters. The zero-order valence-electron chi connectivity index (χ0n) is 17.1. The normalized spacial score (nSPS) is 29.9. The first kappa shape index (κ1) is 19.4. The van der Waals surface area contributed by atoms with Gasteiger partial charge in [-0.15, -0.1) is 0 Å². The van der Waals surface area contributed by atoms with Crippen LogP contribution in [-0.4, -0.2) is 60.5 Å². The van der Waals surface area contributed by atoms with E-state index in [-0.39, 0.29) is 11.9 Å². The van der Waals surface area contributed by atoms with E-state index in [4.69, 9.17) is 4.74 Å². The third-order valence-corrected chi connectivity index (χ3v) is 7.05. The maximum absolute atomic E-state index is 13.2. The SMILES string of the molecule is CCC[C@H]1[C@H]2C[C@H](CN(C(=O)c3ccc(C(=O)OC)cc3)C2)[C@@H]2CCCCN21. The summed E-state index contributed by atoms with van der Waals surface area (Å²) in [5.74, 6) is 0.925. The van der Waals surface area contributed by atoms with Gasteiger partial charge < -0.3 is 9.64 Å². The zero-order valence-corrected chi connectivity index (χ0v) is 17.1. The number of benzene rings is 1. The van der Waals surface area contributed by atoms with Crippen LogP contribution in [0.25, 0.3) is 0 Å². The molecule has 152 valence electrons. The fourth-order valence-electron chi connectivity index (χ4n) is 5.82. The Hall–Kier alpha value is -1.88. The van der Waals surface area contributed by atoms with Gasteiger partial charge in [0.05, 0.1) is 12.7 Å². The Bertz CT molecular complexity index is 717. The van der Waals surface area contributed by atoms with Crippen molar-refractivity contribution in [3.05, 3.63) is 35.4 Å². The fourth-order valence-corrected chi connectivity index (χ4v) is 5.82. The molecule has 0 spiro atoms. The van der Waals surface area contributed by atoms with Crippen LogP contribution in [0, 0.1) is 11.8 Å². The lowest BCUT2D eigenvalue weighted by Crippen LogP contribution is -2.64. The van der Waals surface area contributed by atoms with Crippen molar-refractivity contribution >= 4 is 11.9 Å². The molecular weight excluding hydrogens is 352 g/mol. The lowest BCUT2D eigenvalue weighted by atomic mass is 9.71. The molecule has 0 N–H and O–H groups in total. The highest BCUT2D eigenvalue weighted by atomic mass is 16.5. The molecule has 5 nitrogen and oxygen atoms in total. The molecule has 3 saturated heterocycles. The topological polar surface area (TPSA) is 49.9 Å². The number of ether oxygens (including phenoxy) is 1. The molecule has 3 fully saturated rings. The summed E-state index contributed by atoms with van der Waals surface area (Å²) in [6.45, 7) is 5.25. The van der Waals surface area contributed by atoms with Gasteiger partial charge >= 0.3 is 5.97 Å². The van der Waals surface area contributed by atoms with Crippen LogP contribution < -0.4 is 0 Å². The first-order valence-corrected chi connectivity index (χ1v) is 10.9. The molecule has 28 heavy (non-hydrogen) atoms. The van der Waals surface area contributed by atoms with E-state index in [2.05, 4.69) is 16.7 Å². The second-order valence-electron chi connectivity index (χ2n) is 8.69. The van der Waals surface area contributed by atoms with Crippen LogP contribution in [0.4, 0.5) is 0 Å². The number of rotatable bonds is 4. The van der Waals surface area contributed by atoms with Crippen LogP contribution in [0.3, 0.4) is 0 Å². The van der Waals surface area contributed by atoms with Crippen molar-refractivity contribution in [2.75, 3.05) is 26.7 Å². The summed E-state index contributed by atoms with van der Waals surface area (Å²) in [4.78, 5) is 29.7. The number of hydrogen-bond donors (Lipinski definition) is 0. The molecule has 3 aliphatic rings. The van der Waals surface area contributed by atoms with Crippen LogP contribution >= 0.6 is 0 Å². The first-order chi connectivity index (χ1) is 13.6. The molecular formula is C23H32N2O3. The summed E-state index contributed by atoms with van der Waals surface area (Å²) in [5, 5.41) is 0. The molecule has 3 aliphatic heterocycles. The Kier molecular flexibility index (Phi) is 5.72. The van der Waals surface area contributed by atoms with Crippen LogP contribution in [0.15, 0.2) is 24.3 Å². The van der Waals surface area contributed by atoms with E-state index in [9.17, 15) is 9.59 Å². The van der Waals surface area contributed by atoms with E-state index in [1.54, 1.807) is 24.3 Å². The Balaban J connectivity index is 1.52. The van der Waals surface area contributed by atoms with Gasteiger partial charge in [-0.1, -0.05) is 19.8 Å². The first-order valence-electron chi connectivity index (χ1n) is 10.9. The van der Waals surface area contributed by atoms with Gasteiger partial charge in [-0.25, -0.2) is 4.79 Å². The van der Waals surface area contributed by atoms with Gasteiger partial charge in [0, 0.05) is 30.7 Å². The number of fused-ring (bicyclic) bond motifs is 4. The number of esters is 1. The molecule has 0 radical (unpaired) electrons. The maximum Gasteiger partial charge on any atom is 0.337 e. The largest absolute Gasteiger partial charge is 0.465 e. The number of carbonyl (C=O) groups excluding carboxylic acids is 2. The standard InChI is InChI=1S/C23H32N2O3/c1-3-6-20-18-13-19(21-7-4-5-12-25(20)21)15-24(14-18)22(26)16-8-10-17(11-9-16)23(27)28-2/h8-11,18-21H,3-7,12-15H2,1-2H3/t18-,19+,20-,21-/m0/s1. The summed E-state index contributed by atoms with van der Waals surface area (Å²) < 4.78 is 4.75. The number of hydrogen-bond acceptors (Lipinski definition) is 4. The average Bonchev–Trinajstić information content (AvgIpc) is 2.75. The summed E-state index contributed by atoms with van der Waals surface area (Å²) in [6.07, 6.45) is 7.65. The highest BCUT2D eigenvalue weighted by Crippen LogP contribution is 2.42. The van der Waals surface area contributed by atoms with Gasteiger partial charge in [-0.05, 0) is 68.3 Å². The number of carbonyl (C=O) groups is 2. The number of amides is 1. The molecule has 5 heteroatoms. The average molecular weight is 385 g/mol. The molecule has 3 heterocycles. The monoisotopic (exact) mass is 384 g/mol. The third kappa shape index (κ3) is 3.57. The number of nitrogens with zero attached hydrogens (tertiary/aromatic N) is 2. The summed E-state index contributed by atoms with van der Waals surface area (Å²) in [7, 11) is 1.37. The van der Waals surface area contributed by atoms with Crippen molar-refractivity contribution in [3.8, 4) is 0 Å². The molecule has 0 saturated carbocycles. The highest BCUT2D eigenvalue weighted by Gasteiger charge is 2.47. The summed E-state index contributed by atoms with van der Waals surface area (Å²) in [5.41, 5.74) is 1.15. The predicted octanol–water partition coefficient (Wildman–Crippen LogP) is 3.59. The minimum Gasteiger partial charge on any atom is -0.465 e. The smallest absolute Gasteiger partial charge is 0.337 e. The zero-order chi connectivity index (χ0) is 19.7. The Labute approximate surface area is 168 Å². The van der Waals surface area contributed by atoms with Gasteiger partial charge in [0.15, 0.2) is 0 Å². The second-order valence-corrected chi connectivity index (χ2v) is 8.69. The van der Waals surface area contributed by atoms with Crippen molar-refractivity contribution in [1.82, 2.24) is 9.80 Å². The Morgan fingerprint density at radius 1 is 1.07 bits per heavy atom. The molecule has 1 amide bonds. The van der Waals surface area contributed by atoms with E-state index in [1.165, 1.54) is 52.2 Å². The Morgan fingerprint density at radius 3 is 2.50 bits per heavy atom. The number of piperidine rings is 3. The maximum atomic E-state index is 13.2. The van der Waals surface area contributed by atoms with Gasteiger partial charge in [-0.3, -0.25) is 9.69 Å². The van der Waals surface area contributed by atoms with Crippen molar-refractivity contribution in [1.29, 1.82) is 0 Å². The lowest BCUT2D eigenvalue weighted by molar-refractivity contribution is -0.0670.